The number of aliphatic hydroxyl groups is 1. The van der Waals surface area contributed by atoms with Gasteiger partial charge < -0.3 is 5.11 Å². The number of fused-ring (bicyclic) bond motifs is 5. The Morgan fingerprint density at radius 1 is 0.933 bits per heavy atom. The molecule has 1 N–H and O–H groups in total. The molecule has 0 aromatic heterocycles. The molecule has 0 bridgehead atoms. The third-order valence-corrected chi connectivity index (χ3v) is 11.6. The average Bonchev–Trinajstić information content (AvgIpc) is 3.06. The minimum atomic E-state index is -0.0724. The summed E-state index contributed by atoms with van der Waals surface area (Å²) in [5.41, 5.74) is 2.84. The van der Waals surface area contributed by atoms with E-state index in [1.807, 2.05) is 5.57 Å². The second-order valence-corrected chi connectivity index (χ2v) is 13.1. The van der Waals surface area contributed by atoms with E-state index in [-0.39, 0.29) is 6.10 Å². The van der Waals surface area contributed by atoms with E-state index >= 15 is 0 Å². The molecule has 0 aliphatic heterocycles. The minimum Gasteiger partial charge on any atom is -0.393 e. The Bertz CT molecular complexity index is 649. The summed E-state index contributed by atoms with van der Waals surface area (Å²) in [5.74, 6) is 6.25. The quantitative estimate of drug-likeness (QED) is 0.454. The monoisotopic (exact) mass is 414 g/mol. The van der Waals surface area contributed by atoms with Crippen LogP contribution in [0.15, 0.2) is 11.6 Å². The Kier molecular flexibility index (Phi) is 6.28. The van der Waals surface area contributed by atoms with Crippen LogP contribution in [-0.2, 0) is 0 Å². The third kappa shape index (κ3) is 3.54. The highest BCUT2D eigenvalue weighted by molar-refractivity contribution is 5.28. The summed E-state index contributed by atoms with van der Waals surface area (Å²) in [6, 6.07) is 0. The molecule has 0 aromatic carbocycles. The summed E-state index contributed by atoms with van der Waals surface area (Å²) in [6.07, 6.45) is 14.7. The fourth-order valence-corrected chi connectivity index (χ4v) is 8.98. The van der Waals surface area contributed by atoms with E-state index in [0.717, 1.165) is 41.9 Å². The van der Waals surface area contributed by atoms with Gasteiger partial charge in [0.2, 0.25) is 0 Å². The molecule has 0 amide bonds. The molecule has 30 heavy (non-hydrogen) atoms. The average molecular weight is 415 g/mol. The van der Waals surface area contributed by atoms with E-state index in [4.69, 9.17) is 0 Å². The maximum atomic E-state index is 10.5. The van der Waals surface area contributed by atoms with Crippen LogP contribution in [-0.4, -0.2) is 11.2 Å². The van der Waals surface area contributed by atoms with Gasteiger partial charge in [-0.1, -0.05) is 73.0 Å². The predicted octanol–water partition coefficient (Wildman–Crippen LogP) is 7.88. The first-order valence-corrected chi connectivity index (χ1v) is 13.5. The highest BCUT2D eigenvalue weighted by atomic mass is 16.3. The molecule has 4 aliphatic carbocycles. The molecule has 0 unspecified atom stereocenters. The normalized spacial score (nSPS) is 47.8. The first-order valence-electron chi connectivity index (χ1n) is 13.5. The van der Waals surface area contributed by atoms with Crippen LogP contribution in [0.25, 0.3) is 0 Å². The van der Waals surface area contributed by atoms with Gasteiger partial charge in [-0.25, -0.2) is 0 Å². The summed E-state index contributed by atoms with van der Waals surface area (Å²) in [6.45, 7) is 17.4. The first kappa shape index (κ1) is 22.9. The van der Waals surface area contributed by atoms with Crippen molar-refractivity contribution in [1.29, 1.82) is 0 Å². The van der Waals surface area contributed by atoms with Crippen LogP contribution < -0.4 is 0 Å². The van der Waals surface area contributed by atoms with Crippen molar-refractivity contribution in [2.45, 2.75) is 112 Å². The van der Waals surface area contributed by atoms with Crippen molar-refractivity contribution >= 4 is 0 Å². The second-order valence-electron chi connectivity index (χ2n) is 13.1. The maximum Gasteiger partial charge on any atom is 0.0568 e. The van der Waals surface area contributed by atoms with Crippen LogP contribution in [0.1, 0.15) is 106 Å². The van der Waals surface area contributed by atoms with Crippen molar-refractivity contribution in [2.75, 3.05) is 0 Å². The number of aliphatic hydroxyl groups excluding tert-OH is 1. The number of hydrogen-bond donors (Lipinski definition) is 1. The number of hydrogen-bond acceptors (Lipinski definition) is 1. The van der Waals surface area contributed by atoms with Gasteiger partial charge in [-0.3, -0.25) is 0 Å². The Hall–Kier alpha value is -0.300. The van der Waals surface area contributed by atoms with E-state index < -0.39 is 0 Å². The van der Waals surface area contributed by atoms with Crippen LogP contribution in [0.2, 0.25) is 0 Å². The summed E-state index contributed by atoms with van der Waals surface area (Å²) in [5, 5.41) is 10.5. The van der Waals surface area contributed by atoms with E-state index in [9.17, 15) is 5.11 Å². The summed E-state index contributed by atoms with van der Waals surface area (Å²) < 4.78 is 0. The fourth-order valence-electron chi connectivity index (χ4n) is 8.98. The van der Waals surface area contributed by atoms with E-state index in [1.165, 1.54) is 51.4 Å². The lowest BCUT2D eigenvalue weighted by Gasteiger charge is -2.59. The van der Waals surface area contributed by atoms with Gasteiger partial charge in [0, 0.05) is 0 Å². The molecule has 3 fully saturated rings. The third-order valence-electron chi connectivity index (χ3n) is 11.6. The van der Waals surface area contributed by atoms with Gasteiger partial charge in [-0.2, -0.15) is 0 Å². The standard InChI is InChI=1S/C29H50O/c1-18(2)19(3)8-9-20(4)23-12-13-25-22-10-11-24-21(5)27(30)15-17-29(24,7)26(22)14-16-28(23,25)6/h10,18-21,23-27,30H,8-9,11-17H2,1-7H3/t19-,20+,21-,23-,24-,25-,26-,27+,28-,29+/m0/s1. The van der Waals surface area contributed by atoms with Gasteiger partial charge in [-0.15, -0.1) is 0 Å². The molecular formula is C29H50O. The molecule has 1 heteroatoms. The van der Waals surface area contributed by atoms with Crippen LogP contribution in [0.5, 0.6) is 0 Å². The van der Waals surface area contributed by atoms with Gasteiger partial charge in [0.1, 0.15) is 0 Å². The maximum absolute atomic E-state index is 10.5. The van der Waals surface area contributed by atoms with Crippen molar-refractivity contribution in [3.05, 3.63) is 11.6 Å². The molecule has 0 saturated heterocycles. The van der Waals surface area contributed by atoms with Crippen LogP contribution >= 0.6 is 0 Å². The van der Waals surface area contributed by atoms with Crippen LogP contribution in [0.3, 0.4) is 0 Å². The van der Waals surface area contributed by atoms with Crippen LogP contribution in [0, 0.1) is 58.2 Å². The Morgan fingerprint density at radius 3 is 2.30 bits per heavy atom. The number of allylic oxidation sites excluding steroid dienone is 2. The molecule has 0 spiro atoms. The minimum absolute atomic E-state index is 0.0724. The zero-order valence-electron chi connectivity index (χ0n) is 21.1. The zero-order valence-corrected chi connectivity index (χ0v) is 21.1. The molecule has 1 nitrogen and oxygen atoms in total. The lowest BCUT2D eigenvalue weighted by atomic mass is 9.46. The largest absolute Gasteiger partial charge is 0.393 e. The van der Waals surface area contributed by atoms with E-state index in [1.54, 1.807) is 0 Å². The van der Waals surface area contributed by atoms with Crippen molar-refractivity contribution < 1.29 is 5.11 Å². The highest BCUT2D eigenvalue weighted by Gasteiger charge is 2.59. The molecule has 3 saturated carbocycles. The lowest BCUT2D eigenvalue weighted by molar-refractivity contribution is -0.0774. The molecule has 0 radical (unpaired) electrons. The molecule has 10 atom stereocenters. The molecule has 0 heterocycles. The topological polar surface area (TPSA) is 20.2 Å². The molecular weight excluding hydrogens is 364 g/mol. The van der Waals surface area contributed by atoms with Gasteiger partial charge in [0.05, 0.1) is 6.10 Å². The van der Waals surface area contributed by atoms with E-state index in [0.29, 0.717) is 22.7 Å². The molecule has 172 valence electrons. The molecule has 4 aliphatic rings. The molecule has 4 rings (SSSR count). The van der Waals surface area contributed by atoms with Crippen molar-refractivity contribution in [1.82, 2.24) is 0 Å². The number of rotatable bonds is 5. The Balaban J connectivity index is 1.51. The van der Waals surface area contributed by atoms with Crippen molar-refractivity contribution in [3.63, 3.8) is 0 Å². The fraction of sp³-hybridized carbons (Fsp3) is 0.931. The predicted molar refractivity (Wildman–Crippen MR) is 128 cm³/mol. The van der Waals surface area contributed by atoms with Crippen molar-refractivity contribution in [3.8, 4) is 0 Å². The SMILES string of the molecule is CC(C)[C@@H](C)CC[C@@H](C)[C@@H]1CC[C@H]2C3=CC[C@H]4[C@H](C)[C@H](O)CC[C@@]4(C)[C@H]3CC[C@]21C. The van der Waals surface area contributed by atoms with Crippen molar-refractivity contribution in [2.24, 2.45) is 58.2 Å². The first-order chi connectivity index (χ1) is 14.1. The summed E-state index contributed by atoms with van der Waals surface area (Å²) >= 11 is 0. The smallest absolute Gasteiger partial charge is 0.0568 e. The van der Waals surface area contributed by atoms with Gasteiger partial charge >= 0.3 is 0 Å². The van der Waals surface area contributed by atoms with Gasteiger partial charge in [0.15, 0.2) is 0 Å². The highest BCUT2D eigenvalue weighted by Crippen LogP contribution is 2.67. The Labute approximate surface area is 187 Å². The Morgan fingerprint density at radius 2 is 1.60 bits per heavy atom. The second kappa shape index (κ2) is 8.24. The van der Waals surface area contributed by atoms with Crippen LogP contribution in [0.4, 0.5) is 0 Å². The zero-order chi connectivity index (χ0) is 21.8. The van der Waals surface area contributed by atoms with E-state index in [2.05, 4.69) is 54.5 Å². The van der Waals surface area contributed by atoms with Gasteiger partial charge in [0.25, 0.3) is 0 Å². The summed E-state index contributed by atoms with van der Waals surface area (Å²) in [4.78, 5) is 0. The summed E-state index contributed by atoms with van der Waals surface area (Å²) in [7, 11) is 0. The van der Waals surface area contributed by atoms with Gasteiger partial charge in [-0.05, 0) is 103 Å². The molecule has 0 aromatic rings. The lowest BCUT2D eigenvalue weighted by Crippen LogP contribution is -2.52.